The van der Waals surface area contributed by atoms with Crippen molar-refractivity contribution in [1.29, 1.82) is 5.26 Å². The highest BCUT2D eigenvalue weighted by atomic mass is 32.1. The van der Waals surface area contributed by atoms with Crippen LogP contribution in [0.4, 0.5) is 13.8 Å². The Morgan fingerprint density at radius 1 is 1.27 bits per heavy atom. The van der Waals surface area contributed by atoms with E-state index in [0.29, 0.717) is 24.1 Å². The van der Waals surface area contributed by atoms with Crippen LogP contribution >= 0.6 is 11.3 Å². The number of nitrogens with two attached hydrogens (primary N) is 1. The van der Waals surface area contributed by atoms with Gasteiger partial charge in [0.05, 0.1) is 35.4 Å². The lowest BCUT2D eigenvalue weighted by Crippen LogP contribution is -2.42. The van der Waals surface area contributed by atoms with Gasteiger partial charge in [0.1, 0.15) is 22.9 Å². The molecule has 1 fully saturated rings. The fourth-order valence-corrected chi connectivity index (χ4v) is 5.95. The summed E-state index contributed by atoms with van der Waals surface area (Å²) in [4.78, 5) is 11.1. The molecule has 10 heteroatoms. The van der Waals surface area contributed by atoms with Crippen LogP contribution in [0.3, 0.4) is 0 Å². The van der Waals surface area contributed by atoms with Gasteiger partial charge in [-0.15, -0.1) is 11.3 Å². The number of aromatic nitrogens is 1. The van der Waals surface area contributed by atoms with Gasteiger partial charge in [-0.1, -0.05) is 48.0 Å². The number of guanidine groups is 1. The van der Waals surface area contributed by atoms with Gasteiger partial charge in [0, 0.05) is 35.8 Å². The molecule has 3 aliphatic heterocycles. The molecular formula is C30H38F2N6OS. The molecule has 40 heavy (non-hydrogen) atoms. The molecule has 2 unspecified atom stereocenters. The molecule has 1 saturated heterocycles. The molecule has 0 saturated carbocycles. The number of nitriles is 1. The predicted octanol–water partition coefficient (Wildman–Crippen LogP) is 6.54. The van der Waals surface area contributed by atoms with Gasteiger partial charge in [-0.25, -0.2) is 13.8 Å². The van der Waals surface area contributed by atoms with E-state index >= 15 is 4.39 Å². The Labute approximate surface area is 239 Å². The Morgan fingerprint density at radius 3 is 2.60 bits per heavy atom. The van der Waals surface area contributed by atoms with Gasteiger partial charge in [0.25, 0.3) is 0 Å². The summed E-state index contributed by atoms with van der Waals surface area (Å²) in [6.07, 6.45) is 5.23. The van der Waals surface area contributed by atoms with E-state index in [2.05, 4.69) is 42.9 Å². The van der Waals surface area contributed by atoms with E-state index < -0.39 is 17.7 Å². The first-order valence-corrected chi connectivity index (χ1v) is 14.8. The Morgan fingerprint density at radius 2 is 1.98 bits per heavy atom. The summed E-state index contributed by atoms with van der Waals surface area (Å²) in [5.41, 5.74) is 8.76. The molecule has 2 aromatic heterocycles. The number of likely N-dealkylation sites (tertiary alicyclic amines) is 1. The Bertz CT molecular complexity index is 1450. The molecule has 4 aliphatic rings. The van der Waals surface area contributed by atoms with Crippen LogP contribution in [0.25, 0.3) is 15.7 Å². The molecule has 1 aliphatic carbocycles. The number of nitrogen functional groups attached to an aromatic ring is 1. The number of nitrogens with one attached hydrogen (secondary N) is 1. The van der Waals surface area contributed by atoms with Crippen molar-refractivity contribution in [3.63, 3.8) is 0 Å². The lowest BCUT2D eigenvalue weighted by atomic mass is 9.82. The second-order valence-electron chi connectivity index (χ2n) is 10.5. The molecule has 7 nitrogen and oxygen atoms in total. The Balaban J connectivity index is 0.000000479. The first-order valence-electron chi connectivity index (χ1n) is 14.0. The number of halogens is 2. The molecule has 5 heterocycles. The number of hydrogen-bond donors (Lipinski definition) is 2. The van der Waals surface area contributed by atoms with Crippen LogP contribution in [0.1, 0.15) is 65.6 Å². The molecule has 2 atom stereocenters. The molecular weight excluding hydrogens is 530 g/mol. The van der Waals surface area contributed by atoms with Crippen LogP contribution in [0, 0.1) is 29.0 Å². The van der Waals surface area contributed by atoms with Crippen LogP contribution in [0.2, 0.25) is 0 Å². The summed E-state index contributed by atoms with van der Waals surface area (Å²) < 4.78 is 36.7. The molecule has 6 rings (SSSR count). The Kier molecular flexibility index (Phi) is 9.26. The maximum Gasteiger partial charge on any atom is 0.199 e. The molecule has 0 amide bonds. The topological polar surface area (TPSA) is 99.6 Å². The van der Waals surface area contributed by atoms with E-state index in [1.807, 2.05) is 26.1 Å². The van der Waals surface area contributed by atoms with Crippen LogP contribution in [0.5, 0.6) is 0 Å². The van der Waals surface area contributed by atoms with Crippen molar-refractivity contribution >= 4 is 38.0 Å². The van der Waals surface area contributed by atoms with Gasteiger partial charge in [-0.05, 0) is 29.4 Å². The quantitative estimate of drug-likeness (QED) is 0.427. The summed E-state index contributed by atoms with van der Waals surface area (Å²) in [7, 11) is 0. The molecule has 0 aromatic carbocycles. The Hall–Kier alpha value is -3.29. The minimum Gasteiger partial charge on any atom is -0.389 e. The highest BCUT2D eigenvalue weighted by molar-refractivity contribution is 7.23. The zero-order chi connectivity index (χ0) is 29.1. The van der Waals surface area contributed by atoms with Gasteiger partial charge in [0.15, 0.2) is 11.8 Å². The fourth-order valence-electron chi connectivity index (χ4n) is 5.03. The van der Waals surface area contributed by atoms with E-state index in [1.165, 1.54) is 6.42 Å². The molecule has 2 aromatic rings. The van der Waals surface area contributed by atoms with Gasteiger partial charge in [-0.3, -0.25) is 4.98 Å². The molecule has 0 radical (unpaired) electrons. The molecule has 0 spiro atoms. The first-order chi connectivity index (χ1) is 19.2. The third-order valence-electron chi connectivity index (χ3n) is 7.47. The second kappa shape index (κ2) is 12.5. The number of nitrogens with zero attached hydrogens (tertiary/aromatic N) is 4. The normalized spacial score (nSPS) is 21.6. The number of rotatable bonds is 2. The third kappa shape index (κ3) is 5.37. The summed E-state index contributed by atoms with van der Waals surface area (Å²) in [6, 6.07) is 1.18. The number of hydrogen-bond acceptors (Lipinski definition) is 8. The van der Waals surface area contributed by atoms with Gasteiger partial charge < -0.3 is 20.7 Å². The lowest BCUT2D eigenvalue weighted by molar-refractivity contribution is 0.207. The van der Waals surface area contributed by atoms with Crippen molar-refractivity contribution in [3.05, 3.63) is 52.0 Å². The standard InChI is InChI=1S/C23H20F2N6OS.C5H12.C2H6/c1-10-2-3-31(7-10)23-29-5-12-13-8-32-9-14(13)16(18(25)19(12)30-23)20-17-11(4-26)22(27)33-21(17)15(24)6-28-20;1-4-5(2)3;1-2/h5-6,10,19H,2-3,7-9,27H2,1H3,(H,29,30);5H,4H2,1-3H3;1-2H3. The number of aliphatic imine (C=N–C) groups is 1. The smallest absolute Gasteiger partial charge is 0.199 e. The van der Waals surface area contributed by atoms with Crippen LogP contribution in [-0.2, 0) is 4.74 Å². The third-order valence-corrected chi connectivity index (χ3v) is 8.50. The van der Waals surface area contributed by atoms with E-state index in [1.54, 1.807) is 0 Å². The molecule has 3 N–H and O–H groups in total. The zero-order valence-corrected chi connectivity index (χ0v) is 24.9. The number of fused-ring (bicyclic) bond motifs is 3. The SMILES string of the molecule is CC.CC1CCN(C2=NC3C(=CN2)C2=C(COC2)C(c2ncc(F)c4sc(N)c(C#N)c24)=C3F)C1.CCC(C)C. The molecule has 0 bridgehead atoms. The van der Waals surface area contributed by atoms with Crippen molar-refractivity contribution in [3.8, 4) is 6.07 Å². The van der Waals surface area contributed by atoms with Crippen molar-refractivity contribution in [2.24, 2.45) is 16.8 Å². The van der Waals surface area contributed by atoms with Crippen LogP contribution < -0.4 is 11.1 Å². The lowest BCUT2D eigenvalue weighted by Gasteiger charge is -2.31. The van der Waals surface area contributed by atoms with Crippen molar-refractivity contribution in [2.75, 3.05) is 32.0 Å². The molecule has 214 valence electrons. The fraction of sp³-hybridized carbons (Fsp3) is 0.500. The monoisotopic (exact) mass is 568 g/mol. The summed E-state index contributed by atoms with van der Waals surface area (Å²) >= 11 is 0.967. The van der Waals surface area contributed by atoms with Crippen molar-refractivity contribution in [2.45, 2.75) is 60.4 Å². The number of thiophene rings is 1. The minimum atomic E-state index is -0.851. The summed E-state index contributed by atoms with van der Waals surface area (Å²) in [5.74, 6) is 0.998. The average molecular weight is 569 g/mol. The summed E-state index contributed by atoms with van der Waals surface area (Å²) in [5, 5.41) is 13.3. The summed E-state index contributed by atoms with van der Waals surface area (Å²) in [6.45, 7) is 15.1. The van der Waals surface area contributed by atoms with E-state index in [4.69, 9.17) is 15.5 Å². The highest BCUT2D eigenvalue weighted by Gasteiger charge is 2.40. The van der Waals surface area contributed by atoms with E-state index in [0.717, 1.165) is 54.1 Å². The average Bonchev–Trinajstić information content (AvgIpc) is 3.70. The maximum absolute atomic E-state index is 16.3. The first kappa shape index (κ1) is 29.7. The zero-order valence-electron chi connectivity index (χ0n) is 24.1. The minimum absolute atomic E-state index is 0.111. The number of anilines is 1. The number of ether oxygens (including phenoxy) is 1. The van der Waals surface area contributed by atoms with Crippen molar-refractivity contribution < 1.29 is 13.5 Å². The van der Waals surface area contributed by atoms with Crippen LogP contribution in [0.15, 0.2) is 39.9 Å². The highest BCUT2D eigenvalue weighted by Crippen LogP contribution is 2.48. The van der Waals surface area contributed by atoms with E-state index in [-0.39, 0.29) is 38.5 Å². The largest absolute Gasteiger partial charge is 0.389 e. The van der Waals surface area contributed by atoms with Crippen molar-refractivity contribution in [1.82, 2.24) is 15.2 Å². The number of pyridine rings is 1. The second-order valence-corrected chi connectivity index (χ2v) is 11.6. The van der Waals surface area contributed by atoms with Gasteiger partial charge in [-0.2, -0.15) is 5.26 Å². The van der Waals surface area contributed by atoms with E-state index in [9.17, 15) is 9.65 Å². The van der Waals surface area contributed by atoms with Gasteiger partial charge in [0.2, 0.25) is 0 Å². The van der Waals surface area contributed by atoms with Gasteiger partial charge >= 0.3 is 0 Å². The predicted molar refractivity (Wildman–Crippen MR) is 159 cm³/mol. The van der Waals surface area contributed by atoms with Crippen LogP contribution in [-0.4, -0.2) is 48.2 Å². The maximum atomic E-state index is 16.3.